The quantitative estimate of drug-likeness (QED) is 0.172. The molecule has 1 N–H and O–H groups in total. The van der Waals surface area contributed by atoms with Crippen LogP contribution in [0.25, 0.3) is 0 Å². The minimum Gasteiger partial charge on any atom is -0.481 e. The van der Waals surface area contributed by atoms with Crippen LogP contribution in [0.1, 0.15) is 25.3 Å². The van der Waals surface area contributed by atoms with Crippen LogP contribution in [0.5, 0.6) is 5.75 Å². The van der Waals surface area contributed by atoms with Crippen molar-refractivity contribution in [3.8, 4) is 18.1 Å². The monoisotopic (exact) mass is 485 g/mol. The summed E-state index contributed by atoms with van der Waals surface area (Å²) in [7, 11) is 2.06. The SMILES string of the molecule is C#CCOc1ccc(CCN=C(NCC)N(C)CCOCC2CC2)cc1.I. The van der Waals surface area contributed by atoms with Crippen LogP contribution in [0, 0.1) is 18.3 Å². The van der Waals surface area contributed by atoms with Crippen molar-refractivity contribution in [1.29, 1.82) is 0 Å². The highest BCUT2D eigenvalue weighted by Crippen LogP contribution is 2.28. The molecule has 6 heteroatoms. The van der Waals surface area contributed by atoms with Crippen molar-refractivity contribution in [2.75, 3.05) is 46.5 Å². The van der Waals surface area contributed by atoms with Crippen molar-refractivity contribution in [2.45, 2.75) is 26.2 Å². The third kappa shape index (κ3) is 9.87. The van der Waals surface area contributed by atoms with Crippen LogP contribution in [-0.4, -0.2) is 57.4 Å². The van der Waals surface area contributed by atoms with Crippen molar-refractivity contribution in [1.82, 2.24) is 10.2 Å². The average molecular weight is 485 g/mol. The number of ether oxygens (including phenoxy) is 2. The van der Waals surface area contributed by atoms with Crippen molar-refractivity contribution in [2.24, 2.45) is 10.9 Å². The third-order valence-electron chi connectivity index (χ3n) is 4.23. The van der Waals surface area contributed by atoms with E-state index in [1.165, 1.54) is 18.4 Å². The van der Waals surface area contributed by atoms with Gasteiger partial charge in [0.15, 0.2) is 5.96 Å². The number of hydrogen-bond donors (Lipinski definition) is 1. The molecule has 0 bridgehead atoms. The molecule has 1 aromatic carbocycles. The van der Waals surface area contributed by atoms with Gasteiger partial charge in [-0.15, -0.1) is 30.4 Å². The Labute approximate surface area is 180 Å². The van der Waals surface area contributed by atoms with Gasteiger partial charge in [-0.1, -0.05) is 18.1 Å². The molecule has 150 valence electrons. The molecule has 5 nitrogen and oxygen atoms in total. The van der Waals surface area contributed by atoms with E-state index in [1.807, 2.05) is 12.1 Å². The first kappa shape index (κ1) is 23.6. The van der Waals surface area contributed by atoms with Gasteiger partial charge in [0.2, 0.25) is 0 Å². The lowest BCUT2D eigenvalue weighted by molar-refractivity contribution is 0.115. The Morgan fingerprint density at radius 3 is 2.70 bits per heavy atom. The molecule has 0 unspecified atom stereocenters. The van der Waals surface area contributed by atoms with E-state index in [1.54, 1.807) is 0 Å². The van der Waals surface area contributed by atoms with Gasteiger partial charge in [-0.2, -0.15) is 0 Å². The van der Waals surface area contributed by atoms with Crippen LogP contribution in [-0.2, 0) is 11.2 Å². The molecule has 0 aromatic heterocycles. The Balaban J connectivity index is 0.00000364. The van der Waals surface area contributed by atoms with Crippen LogP contribution in [0.2, 0.25) is 0 Å². The highest BCUT2D eigenvalue weighted by atomic mass is 127. The maximum Gasteiger partial charge on any atom is 0.193 e. The topological polar surface area (TPSA) is 46.1 Å². The van der Waals surface area contributed by atoms with E-state index < -0.39 is 0 Å². The minimum absolute atomic E-state index is 0. The van der Waals surface area contributed by atoms with Crippen molar-refractivity contribution < 1.29 is 9.47 Å². The van der Waals surface area contributed by atoms with Crippen molar-refractivity contribution in [3.05, 3.63) is 29.8 Å². The molecule has 0 saturated heterocycles. The molecule has 0 amide bonds. The lowest BCUT2D eigenvalue weighted by Crippen LogP contribution is -2.40. The van der Waals surface area contributed by atoms with E-state index in [0.717, 1.165) is 56.9 Å². The summed E-state index contributed by atoms with van der Waals surface area (Å²) in [5.41, 5.74) is 1.23. The van der Waals surface area contributed by atoms with E-state index >= 15 is 0 Å². The maximum absolute atomic E-state index is 5.72. The smallest absolute Gasteiger partial charge is 0.193 e. The van der Waals surface area contributed by atoms with Gasteiger partial charge in [0, 0.05) is 33.3 Å². The van der Waals surface area contributed by atoms with Crippen LogP contribution < -0.4 is 10.1 Å². The second kappa shape index (κ2) is 13.7. The molecule has 0 atom stereocenters. The first-order valence-corrected chi connectivity index (χ1v) is 9.45. The van der Waals surface area contributed by atoms with Gasteiger partial charge in [-0.05, 0) is 49.8 Å². The number of rotatable bonds is 11. The molecule has 1 aliphatic rings. The molecule has 2 rings (SSSR count). The first-order valence-electron chi connectivity index (χ1n) is 9.45. The zero-order chi connectivity index (χ0) is 18.6. The minimum atomic E-state index is 0. The fraction of sp³-hybridized carbons (Fsp3) is 0.571. The summed E-state index contributed by atoms with van der Waals surface area (Å²) < 4.78 is 11.1. The fourth-order valence-corrected chi connectivity index (χ4v) is 2.48. The largest absolute Gasteiger partial charge is 0.481 e. The van der Waals surface area contributed by atoms with Crippen LogP contribution in [0.3, 0.4) is 0 Å². The highest BCUT2D eigenvalue weighted by molar-refractivity contribution is 14.0. The Morgan fingerprint density at radius 2 is 2.07 bits per heavy atom. The zero-order valence-corrected chi connectivity index (χ0v) is 18.8. The predicted molar refractivity (Wildman–Crippen MR) is 122 cm³/mol. The Kier molecular flexibility index (Phi) is 11.9. The molecule has 0 radical (unpaired) electrons. The summed E-state index contributed by atoms with van der Waals surface area (Å²) in [6.07, 6.45) is 8.74. The van der Waals surface area contributed by atoms with Crippen LogP contribution >= 0.6 is 24.0 Å². The first-order chi connectivity index (χ1) is 12.7. The van der Waals surface area contributed by atoms with E-state index in [4.69, 9.17) is 20.9 Å². The van der Waals surface area contributed by atoms with E-state index in [2.05, 4.69) is 42.2 Å². The predicted octanol–water partition coefficient (Wildman–Crippen LogP) is 3.18. The number of benzene rings is 1. The third-order valence-corrected chi connectivity index (χ3v) is 4.23. The number of hydrogen-bond acceptors (Lipinski definition) is 3. The summed E-state index contributed by atoms with van der Waals surface area (Å²) in [6.45, 7) is 6.47. The second-order valence-electron chi connectivity index (χ2n) is 6.56. The molecule has 1 saturated carbocycles. The van der Waals surface area contributed by atoms with Gasteiger partial charge in [-0.25, -0.2) is 0 Å². The molecule has 1 aromatic rings. The Morgan fingerprint density at radius 1 is 1.33 bits per heavy atom. The van der Waals surface area contributed by atoms with Gasteiger partial charge in [0.25, 0.3) is 0 Å². The summed E-state index contributed by atoms with van der Waals surface area (Å²) in [5.74, 6) is 5.00. The normalized spacial score (nSPS) is 13.4. The number of guanidine groups is 1. The van der Waals surface area contributed by atoms with Crippen LogP contribution in [0.4, 0.5) is 0 Å². The number of terminal acetylenes is 1. The van der Waals surface area contributed by atoms with Gasteiger partial charge in [0.1, 0.15) is 12.4 Å². The van der Waals surface area contributed by atoms with Gasteiger partial charge < -0.3 is 19.7 Å². The molecular formula is C21H32IN3O2. The van der Waals surface area contributed by atoms with Gasteiger partial charge in [0.05, 0.1) is 6.61 Å². The molecule has 1 aliphatic carbocycles. The van der Waals surface area contributed by atoms with Gasteiger partial charge >= 0.3 is 0 Å². The molecule has 1 fully saturated rings. The van der Waals surface area contributed by atoms with E-state index in [-0.39, 0.29) is 24.0 Å². The summed E-state index contributed by atoms with van der Waals surface area (Å²) in [6, 6.07) is 8.02. The Hall–Kier alpha value is -1.46. The molecular weight excluding hydrogens is 453 g/mol. The maximum atomic E-state index is 5.72. The standard InChI is InChI=1S/C21H31N3O2.HI/c1-4-15-26-20-10-8-18(9-11-20)12-13-23-21(22-5-2)24(3)14-16-25-17-19-6-7-19;/h1,8-11,19H,5-7,12-17H2,2-3H3,(H,22,23);1H. The molecule has 0 heterocycles. The number of nitrogens with zero attached hydrogens (tertiary/aromatic N) is 2. The zero-order valence-electron chi connectivity index (χ0n) is 16.4. The molecule has 27 heavy (non-hydrogen) atoms. The van der Waals surface area contributed by atoms with E-state index in [0.29, 0.717) is 6.61 Å². The second-order valence-corrected chi connectivity index (χ2v) is 6.56. The Bertz CT molecular complexity index is 594. The lowest BCUT2D eigenvalue weighted by Gasteiger charge is -2.22. The van der Waals surface area contributed by atoms with Crippen molar-refractivity contribution in [3.63, 3.8) is 0 Å². The number of aliphatic imine (C=N–C) groups is 1. The summed E-state index contributed by atoms with van der Waals surface area (Å²) in [5, 5.41) is 3.34. The average Bonchev–Trinajstić information content (AvgIpc) is 3.48. The number of nitrogens with one attached hydrogen (secondary N) is 1. The number of likely N-dealkylation sites (N-methyl/N-ethyl adjacent to an activating group) is 1. The summed E-state index contributed by atoms with van der Waals surface area (Å²) in [4.78, 5) is 6.86. The number of halogens is 1. The van der Waals surface area contributed by atoms with Crippen LogP contribution in [0.15, 0.2) is 29.3 Å². The fourth-order valence-electron chi connectivity index (χ4n) is 2.48. The van der Waals surface area contributed by atoms with E-state index in [9.17, 15) is 0 Å². The van der Waals surface area contributed by atoms with Crippen molar-refractivity contribution >= 4 is 29.9 Å². The lowest BCUT2D eigenvalue weighted by atomic mass is 10.1. The van der Waals surface area contributed by atoms with Gasteiger partial charge in [-0.3, -0.25) is 4.99 Å². The summed E-state index contributed by atoms with van der Waals surface area (Å²) >= 11 is 0. The highest BCUT2D eigenvalue weighted by Gasteiger charge is 2.21. The molecule has 0 aliphatic heterocycles. The molecule has 0 spiro atoms.